The summed E-state index contributed by atoms with van der Waals surface area (Å²) in [5.41, 5.74) is 5.78. The van der Waals surface area contributed by atoms with Gasteiger partial charge in [0.1, 0.15) is 5.76 Å². The van der Waals surface area contributed by atoms with E-state index in [9.17, 15) is 0 Å². The summed E-state index contributed by atoms with van der Waals surface area (Å²) in [4.78, 5) is 0. The Morgan fingerprint density at radius 3 is 2.77 bits per heavy atom. The monoisotopic (exact) mass is 179 g/mol. The molecule has 1 atom stereocenters. The fourth-order valence-corrected chi connectivity index (χ4v) is 2.40. The van der Waals surface area contributed by atoms with Crippen LogP contribution in [0.5, 0.6) is 0 Å². The van der Waals surface area contributed by atoms with Crippen molar-refractivity contribution < 1.29 is 4.42 Å². The molecule has 1 fully saturated rings. The molecule has 0 saturated heterocycles. The van der Waals surface area contributed by atoms with E-state index in [1.807, 2.05) is 6.07 Å². The molecule has 1 saturated carbocycles. The van der Waals surface area contributed by atoms with Gasteiger partial charge < -0.3 is 10.2 Å². The third-order valence-electron chi connectivity index (χ3n) is 3.13. The largest absolute Gasteiger partial charge is 0.469 e. The zero-order valence-electron chi connectivity index (χ0n) is 7.91. The van der Waals surface area contributed by atoms with Crippen LogP contribution in [0.2, 0.25) is 0 Å². The normalized spacial score (nSPS) is 20.7. The standard InChI is InChI=1S/C11H17NO/c12-8-10(9-4-1-2-5-9)11-6-3-7-13-11/h3,6-7,9-10H,1-2,4-5,8,12H2. The van der Waals surface area contributed by atoms with Crippen molar-refractivity contribution in [2.45, 2.75) is 31.6 Å². The van der Waals surface area contributed by atoms with Gasteiger partial charge in [0.15, 0.2) is 0 Å². The Morgan fingerprint density at radius 1 is 1.46 bits per heavy atom. The molecule has 1 aromatic heterocycles. The highest BCUT2D eigenvalue weighted by atomic mass is 16.3. The van der Waals surface area contributed by atoms with E-state index in [1.165, 1.54) is 25.7 Å². The fraction of sp³-hybridized carbons (Fsp3) is 0.636. The summed E-state index contributed by atoms with van der Waals surface area (Å²) < 4.78 is 5.42. The first kappa shape index (κ1) is 8.82. The molecule has 0 aromatic carbocycles. The van der Waals surface area contributed by atoms with Crippen molar-refractivity contribution in [2.75, 3.05) is 6.54 Å². The van der Waals surface area contributed by atoms with E-state index >= 15 is 0 Å². The van der Waals surface area contributed by atoms with E-state index in [0.717, 1.165) is 18.2 Å². The average Bonchev–Trinajstić information content (AvgIpc) is 2.76. The van der Waals surface area contributed by atoms with Crippen LogP contribution in [0.3, 0.4) is 0 Å². The number of nitrogens with two attached hydrogens (primary N) is 1. The summed E-state index contributed by atoms with van der Waals surface area (Å²) in [5.74, 6) is 2.29. The molecule has 2 heteroatoms. The Balaban J connectivity index is 2.08. The predicted octanol–water partition coefficient (Wildman–Crippen LogP) is 2.51. The third kappa shape index (κ3) is 1.78. The molecule has 13 heavy (non-hydrogen) atoms. The van der Waals surface area contributed by atoms with Crippen LogP contribution in [0.1, 0.15) is 37.4 Å². The van der Waals surface area contributed by atoms with E-state index < -0.39 is 0 Å². The lowest BCUT2D eigenvalue weighted by molar-refractivity contribution is 0.367. The van der Waals surface area contributed by atoms with Crippen LogP contribution >= 0.6 is 0 Å². The van der Waals surface area contributed by atoms with Gasteiger partial charge >= 0.3 is 0 Å². The summed E-state index contributed by atoms with van der Waals surface area (Å²) in [6, 6.07) is 4.00. The zero-order chi connectivity index (χ0) is 9.10. The van der Waals surface area contributed by atoms with Crippen LogP contribution in [0, 0.1) is 5.92 Å². The van der Waals surface area contributed by atoms with Crippen molar-refractivity contribution >= 4 is 0 Å². The first-order valence-electron chi connectivity index (χ1n) is 5.15. The molecule has 2 rings (SSSR count). The molecule has 0 spiro atoms. The Kier molecular flexibility index (Phi) is 2.69. The summed E-state index contributed by atoms with van der Waals surface area (Å²) in [7, 11) is 0. The van der Waals surface area contributed by atoms with Crippen LogP contribution in [-0.4, -0.2) is 6.54 Å². The molecule has 1 aliphatic carbocycles. The van der Waals surface area contributed by atoms with Crippen molar-refractivity contribution in [3.63, 3.8) is 0 Å². The van der Waals surface area contributed by atoms with Crippen molar-refractivity contribution in [1.82, 2.24) is 0 Å². The number of rotatable bonds is 3. The van der Waals surface area contributed by atoms with Gasteiger partial charge in [-0.2, -0.15) is 0 Å². The van der Waals surface area contributed by atoms with E-state index in [2.05, 4.69) is 6.07 Å². The zero-order valence-corrected chi connectivity index (χ0v) is 7.91. The first-order valence-corrected chi connectivity index (χ1v) is 5.15. The average molecular weight is 179 g/mol. The molecule has 0 aliphatic heterocycles. The smallest absolute Gasteiger partial charge is 0.108 e. The molecule has 72 valence electrons. The molecule has 0 amide bonds. The highest BCUT2D eigenvalue weighted by Crippen LogP contribution is 2.36. The van der Waals surface area contributed by atoms with Crippen LogP contribution in [0.15, 0.2) is 22.8 Å². The second-order valence-corrected chi connectivity index (χ2v) is 3.90. The van der Waals surface area contributed by atoms with Gasteiger partial charge in [0.2, 0.25) is 0 Å². The van der Waals surface area contributed by atoms with Gasteiger partial charge in [0, 0.05) is 12.5 Å². The minimum Gasteiger partial charge on any atom is -0.469 e. The molecular formula is C11H17NO. The van der Waals surface area contributed by atoms with Crippen LogP contribution in [0.25, 0.3) is 0 Å². The topological polar surface area (TPSA) is 39.2 Å². The minimum absolute atomic E-state index is 0.456. The predicted molar refractivity (Wildman–Crippen MR) is 52.5 cm³/mol. The maximum Gasteiger partial charge on any atom is 0.108 e. The summed E-state index contributed by atoms with van der Waals surface area (Å²) >= 11 is 0. The van der Waals surface area contributed by atoms with Crippen molar-refractivity contribution in [2.24, 2.45) is 11.7 Å². The Morgan fingerprint density at radius 2 is 2.23 bits per heavy atom. The Hall–Kier alpha value is -0.760. The van der Waals surface area contributed by atoms with Gasteiger partial charge in [-0.05, 0) is 30.9 Å². The van der Waals surface area contributed by atoms with Crippen molar-refractivity contribution in [3.05, 3.63) is 24.2 Å². The van der Waals surface area contributed by atoms with Gasteiger partial charge in [-0.15, -0.1) is 0 Å². The lowest BCUT2D eigenvalue weighted by Gasteiger charge is -2.18. The number of furan rings is 1. The highest BCUT2D eigenvalue weighted by Gasteiger charge is 2.26. The van der Waals surface area contributed by atoms with Crippen LogP contribution < -0.4 is 5.73 Å². The van der Waals surface area contributed by atoms with Crippen molar-refractivity contribution in [1.29, 1.82) is 0 Å². The summed E-state index contributed by atoms with van der Waals surface area (Å²) in [6.45, 7) is 0.720. The van der Waals surface area contributed by atoms with Gasteiger partial charge in [-0.3, -0.25) is 0 Å². The van der Waals surface area contributed by atoms with Gasteiger partial charge in [0.05, 0.1) is 6.26 Å². The lowest BCUT2D eigenvalue weighted by Crippen LogP contribution is -2.19. The molecule has 1 heterocycles. The fourth-order valence-electron chi connectivity index (χ4n) is 2.40. The van der Waals surface area contributed by atoms with Crippen LogP contribution in [0.4, 0.5) is 0 Å². The molecule has 2 nitrogen and oxygen atoms in total. The third-order valence-corrected chi connectivity index (χ3v) is 3.13. The summed E-state index contributed by atoms with van der Waals surface area (Å²) in [6.07, 6.45) is 7.11. The van der Waals surface area contributed by atoms with Crippen LogP contribution in [-0.2, 0) is 0 Å². The first-order chi connectivity index (χ1) is 6.42. The minimum atomic E-state index is 0.456. The molecule has 1 unspecified atom stereocenters. The maximum atomic E-state index is 5.78. The number of hydrogen-bond donors (Lipinski definition) is 1. The van der Waals surface area contributed by atoms with Gasteiger partial charge in [0.25, 0.3) is 0 Å². The molecule has 0 radical (unpaired) electrons. The highest BCUT2D eigenvalue weighted by molar-refractivity contribution is 5.08. The van der Waals surface area contributed by atoms with Gasteiger partial charge in [-0.25, -0.2) is 0 Å². The summed E-state index contributed by atoms with van der Waals surface area (Å²) in [5, 5.41) is 0. The molecular weight excluding hydrogens is 162 g/mol. The van der Waals surface area contributed by atoms with E-state index in [4.69, 9.17) is 10.2 Å². The Labute approximate surface area is 79.1 Å². The molecule has 2 N–H and O–H groups in total. The lowest BCUT2D eigenvalue weighted by atomic mass is 9.89. The SMILES string of the molecule is NCC(c1ccco1)C1CCCC1. The van der Waals surface area contributed by atoms with E-state index in [0.29, 0.717) is 5.92 Å². The quantitative estimate of drug-likeness (QED) is 0.774. The van der Waals surface area contributed by atoms with Gasteiger partial charge in [-0.1, -0.05) is 12.8 Å². The maximum absolute atomic E-state index is 5.78. The van der Waals surface area contributed by atoms with E-state index in [1.54, 1.807) is 6.26 Å². The number of hydrogen-bond acceptors (Lipinski definition) is 2. The molecule has 1 aromatic rings. The Bertz CT molecular complexity index is 237. The second-order valence-electron chi connectivity index (χ2n) is 3.90. The van der Waals surface area contributed by atoms with E-state index in [-0.39, 0.29) is 0 Å². The van der Waals surface area contributed by atoms with Crippen molar-refractivity contribution in [3.8, 4) is 0 Å². The second kappa shape index (κ2) is 3.97. The molecule has 0 bridgehead atoms. The molecule has 1 aliphatic rings.